The molecule has 5 nitrogen and oxygen atoms in total. The molecule has 1 aliphatic rings. The molecular formula is C19H18BrNO4. The number of anilines is 1. The zero-order valence-corrected chi connectivity index (χ0v) is 15.5. The summed E-state index contributed by atoms with van der Waals surface area (Å²) in [6, 6.07) is 11.9. The van der Waals surface area contributed by atoms with Gasteiger partial charge in [0.1, 0.15) is 5.75 Å². The van der Waals surface area contributed by atoms with Gasteiger partial charge in [-0.1, -0.05) is 15.9 Å². The van der Waals surface area contributed by atoms with Crippen molar-refractivity contribution in [2.75, 3.05) is 18.6 Å². The van der Waals surface area contributed by atoms with Gasteiger partial charge in [0, 0.05) is 22.6 Å². The second-order valence-electron chi connectivity index (χ2n) is 5.94. The van der Waals surface area contributed by atoms with E-state index in [4.69, 9.17) is 4.74 Å². The second-order valence-corrected chi connectivity index (χ2v) is 6.86. The van der Waals surface area contributed by atoms with Crippen LogP contribution in [0.5, 0.6) is 5.75 Å². The van der Waals surface area contributed by atoms with Crippen LogP contribution < -0.4 is 9.64 Å². The molecule has 1 N–H and O–H groups in total. The summed E-state index contributed by atoms with van der Waals surface area (Å²) in [7, 11) is 1.59. The molecule has 0 fully saturated rings. The number of rotatable bonds is 5. The molecule has 1 heterocycles. The molecule has 1 atom stereocenters. The summed E-state index contributed by atoms with van der Waals surface area (Å²) in [5.41, 5.74) is -0.386. The lowest BCUT2D eigenvalue weighted by Gasteiger charge is -2.21. The summed E-state index contributed by atoms with van der Waals surface area (Å²) in [6.07, 6.45) is -0.312. The van der Waals surface area contributed by atoms with Crippen LogP contribution in [0.1, 0.15) is 29.3 Å². The smallest absolute Gasteiger partial charge is 0.263 e. The standard InChI is InChI=1S/C19H18BrNO4/c1-3-25-14-7-4-12(5-8-14)17(22)11-19(24)15-10-13(20)6-9-16(15)21(2)18(19)23/h4-10,24H,3,11H2,1-2H3. The second kappa shape index (κ2) is 6.61. The molecule has 0 saturated heterocycles. The predicted molar refractivity (Wildman–Crippen MR) is 98.0 cm³/mol. The molecule has 2 aromatic rings. The van der Waals surface area contributed by atoms with Crippen LogP contribution in [-0.4, -0.2) is 30.5 Å². The van der Waals surface area contributed by atoms with E-state index >= 15 is 0 Å². The van der Waals surface area contributed by atoms with Crippen molar-refractivity contribution in [3.63, 3.8) is 0 Å². The van der Waals surface area contributed by atoms with Crippen molar-refractivity contribution in [3.8, 4) is 5.75 Å². The molecule has 2 aromatic carbocycles. The van der Waals surface area contributed by atoms with Gasteiger partial charge < -0.3 is 14.7 Å². The highest BCUT2D eigenvalue weighted by Gasteiger charge is 2.49. The lowest BCUT2D eigenvalue weighted by molar-refractivity contribution is -0.135. The van der Waals surface area contributed by atoms with Crippen LogP contribution in [0.15, 0.2) is 46.9 Å². The molecule has 1 amide bonds. The normalized spacial score (nSPS) is 19.0. The van der Waals surface area contributed by atoms with E-state index in [-0.39, 0.29) is 12.2 Å². The fraction of sp³-hybridized carbons (Fsp3) is 0.263. The first-order valence-corrected chi connectivity index (χ1v) is 8.72. The molecule has 0 radical (unpaired) electrons. The fourth-order valence-electron chi connectivity index (χ4n) is 3.04. The van der Waals surface area contributed by atoms with Gasteiger partial charge in [0.05, 0.1) is 18.7 Å². The number of nitrogens with zero attached hydrogens (tertiary/aromatic N) is 1. The average molecular weight is 404 g/mol. The van der Waals surface area contributed by atoms with Crippen molar-refractivity contribution < 1.29 is 19.4 Å². The van der Waals surface area contributed by atoms with E-state index in [9.17, 15) is 14.7 Å². The maximum Gasteiger partial charge on any atom is 0.263 e. The van der Waals surface area contributed by atoms with E-state index in [1.807, 2.05) is 6.92 Å². The Hall–Kier alpha value is -2.18. The zero-order valence-electron chi connectivity index (χ0n) is 14.0. The maximum absolute atomic E-state index is 12.6. The summed E-state index contributed by atoms with van der Waals surface area (Å²) in [5, 5.41) is 11.0. The number of likely N-dealkylation sites (N-methyl/N-ethyl adjacent to an activating group) is 1. The van der Waals surface area contributed by atoms with E-state index in [1.54, 1.807) is 49.5 Å². The number of hydrogen-bond donors (Lipinski definition) is 1. The molecule has 3 rings (SSSR count). The number of fused-ring (bicyclic) bond motifs is 1. The zero-order chi connectivity index (χ0) is 18.2. The summed E-state index contributed by atoms with van der Waals surface area (Å²) < 4.78 is 6.10. The molecule has 25 heavy (non-hydrogen) atoms. The highest BCUT2D eigenvalue weighted by molar-refractivity contribution is 9.10. The van der Waals surface area contributed by atoms with Gasteiger partial charge in [0.2, 0.25) is 0 Å². The Morgan fingerprint density at radius 3 is 2.56 bits per heavy atom. The van der Waals surface area contributed by atoms with Crippen LogP contribution in [-0.2, 0) is 10.4 Å². The van der Waals surface area contributed by atoms with E-state index in [0.717, 1.165) is 4.47 Å². The van der Waals surface area contributed by atoms with E-state index in [0.29, 0.717) is 29.2 Å². The highest BCUT2D eigenvalue weighted by atomic mass is 79.9. The van der Waals surface area contributed by atoms with Gasteiger partial charge in [-0.3, -0.25) is 9.59 Å². The third-order valence-electron chi connectivity index (χ3n) is 4.33. The van der Waals surface area contributed by atoms with Gasteiger partial charge in [-0.05, 0) is 49.4 Å². The minimum Gasteiger partial charge on any atom is -0.494 e. The molecule has 6 heteroatoms. The first-order valence-electron chi connectivity index (χ1n) is 7.93. The summed E-state index contributed by atoms with van der Waals surface area (Å²) in [6.45, 7) is 2.42. The first kappa shape index (κ1) is 17.6. The molecule has 0 saturated carbocycles. The SMILES string of the molecule is CCOc1ccc(C(=O)CC2(O)C(=O)N(C)c3ccc(Br)cc32)cc1. The Labute approximate surface area is 154 Å². The van der Waals surface area contributed by atoms with Crippen LogP contribution in [0.3, 0.4) is 0 Å². The summed E-state index contributed by atoms with van der Waals surface area (Å²) >= 11 is 3.35. The van der Waals surface area contributed by atoms with Gasteiger partial charge >= 0.3 is 0 Å². The molecule has 0 aromatic heterocycles. The molecule has 1 aliphatic heterocycles. The number of benzene rings is 2. The van der Waals surface area contributed by atoms with Crippen LogP contribution in [0.25, 0.3) is 0 Å². The monoisotopic (exact) mass is 403 g/mol. The molecular weight excluding hydrogens is 386 g/mol. The molecule has 0 bridgehead atoms. The van der Waals surface area contributed by atoms with Crippen molar-refractivity contribution >= 4 is 33.3 Å². The lowest BCUT2D eigenvalue weighted by atomic mass is 9.88. The number of ketones is 1. The van der Waals surface area contributed by atoms with E-state index in [1.165, 1.54) is 4.90 Å². The predicted octanol–water partition coefficient (Wildman–Crippen LogP) is 3.28. The van der Waals surface area contributed by atoms with E-state index < -0.39 is 11.5 Å². The molecule has 0 aliphatic carbocycles. The van der Waals surface area contributed by atoms with Gasteiger partial charge in [0.15, 0.2) is 11.4 Å². The van der Waals surface area contributed by atoms with Crippen LogP contribution in [0.2, 0.25) is 0 Å². The van der Waals surface area contributed by atoms with Gasteiger partial charge in [-0.15, -0.1) is 0 Å². The Kier molecular flexibility index (Phi) is 4.67. The number of amides is 1. The fourth-order valence-corrected chi connectivity index (χ4v) is 3.40. The minimum atomic E-state index is -1.86. The van der Waals surface area contributed by atoms with Gasteiger partial charge in [0.25, 0.3) is 5.91 Å². The quantitative estimate of drug-likeness (QED) is 0.777. The number of aliphatic hydroxyl groups is 1. The number of hydrogen-bond acceptors (Lipinski definition) is 4. The third kappa shape index (κ3) is 3.07. The number of Topliss-reactive ketones (excluding diaryl/α,β-unsaturated/α-hetero) is 1. The minimum absolute atomic E-state index is 0.305. The maximum atomic E-state index is 12.6. The van der Waals surface area contributed by atoms with Crippen molar-refractivity contribution in [1.29, 1.82) is 0 Å². The first-order chi connectivity index (χ1) is 11.9. The summed E-state index contributed by atoms with van der Waals surface area (Å²) in [4.78, 5) is 26.6. The number of carbonyl (C=O) groups is 2. The lowest BCUT2D eigenvalue weighted by Crippen LogP contribution is -2.40. The Morgan fingerprint density at radius 1 is 1.24 bits per heavy atom. The largest absolute Gasteiger partial charge is 0.494 e. The van der Waals surface area contributed by atoms with Gasteiger partial charge in [-0.25, -0.2) is 0 Å². The Morgan fingerprint density at radius 2 is 1.92 bits per heavy atom. The molecule has 1 unspecified atom stereocenters. The average Bonchev–Trinajstić information content (AvgIpc) is 2.77. The number of carbonyl (C=O) groups excluding carboxylic acids is 2. The van der Waals surface area contributed by atoms with E-state index in [2.05, 4.69) is 15.9 Å². The summed E-state index contributed by atoms with van der Waals surface area (Å²) in [5.74, 6) is -0.135. The van der Waals surface area contributed by atoms with Crippen molar-refractivity contribution in [2.45, 2.75) is 18.9 Å². The van der Waals surface area contributed by atoms with Crippen molar-refractivity contribution in [2.24, 2.45) is 0 Å². The van der Waals surface area contributed by atoms with Crippen LogP contribution >= 0.6 is 15.9 Å². The van der Waals surface area contributed by atoms with Crippen LogP contribution in [0.4, 0.5) is 5.69 Å². The topological polar surface area (TPSA) is 66.8 Å². The third-order valence-corrected chi connectivity index (χ3v) is 4.82. The van der Waals surface area contributed by atoms with Gasteiger partial charge in [-0.2, -0.15) is 0 Å². The Bertz CT molecular complexity index is 834. The van der Waals surface area contributed by atoms with Crippen LogP contribution in [0, 0.1) is 0 Å². The Balaban J connectivity index is 1.90. The number of ether oxygens (including phenoxy) is 1. The van der Waals surface area contributed by atoms with Crippen molar-refractivity contribution in [3.05, 3.63) is 58.1 Å². The van der Waals surface area contributed by atoms with Crippen molar-refractivity contribution in [1.82, 2.24) is 0 Å². The highest BCUT2D eigenvalue weighted by Crippen LogP contribution is 2.43. The molecule has 0 spiro atoms. The molecule has 130 valence electrons. The number of halogens is 1.